The van der Waals surface area contributed by atoms with E-state index in [9.17, 15) is 49.5 Å². The molecule has 0 aromatic carbocycles. The standard InChI is InChI=1S/C35H47NO10/c1-14-10-9-11-15(2)35(46)36-22-13-23(37)24-25(32(43)21(8)33(44)26(24)34(22)45)29(40)17(4)12-16(3)28(39)19(6)31(42)20(7)30(41)18(5)27(14)38/h9-14,16,18-21,25,27-28,30-31,33,38-39,41-42,44H,1-8H3,(H,36,46)/b10-9-,15-11?,17-12?/t14-,16+,18+,19+,20+,21?,25?,27-,28-,30+,31+,33?/m0/s1. The zero-order chi connectivity index (χ0) is 34.9. The molecule has 11 nitrogen and oxygen atoms in total. The molecule has 0 aromatic rings. The van der Waals surface area contributed by atoms with Gasteiger partial charge in [-0.15, -0.1) is 0 Å². The molecule has 3 unspecified atom stereocenters. The second kappa shape index (κ2) is 14.6. The molecule has 0 saturated carbocycles. The van der Waals surface area contributed by atoms with Gasteiger partial charge in [-0.2, -0.15) is 0 Å². The van der Waals surface area contributed by atoms with Crippen LogP contribution in [0.1, 0.15) is 55.4 Å². The van der Waals surface area contributed by atoms with Gasteiger partial charge >= 0.3 is 0 Å². The Hall–Kier alpha value is -3.35. The first-order valence-electron chi connectivity index (χ1n) is 15.7. The SMILES string of the molecule is CC1=C/C=C\[C@H](C)[C@H](O)[C@@H](C)[C@@H](O)[C@@H](C)[C@H](O)[C@H](C)[C@@H](O)[C@H](C)C=C(C)C(=O)C2C(=O)C(C)C(O)C3=C2C(=O)C=C(NC1=O)C3=O. The number of allylic oxidation sites excluding steroid dienone is 6. The molecule has 0 aromatic heterocycles. The van der Waals surface area contributed by atoms with Gasteiger partial charge in [0.25, 0.3) is 5.91 Å². The molecule has 2 aliphatic heterocycles. The molecule has 4 bridgehead atoms. The number of hydrogen-bond acceptors (Lipinski definition) is 10. The van der Waals surface area contributed by atoms with Crippen molar-refractivity contribution in [3.63, 3.8) is 0 Å². The van der Waals surface area contributed by atoms with E-state index in [1.807, 2.05) is 0 Å². The Bertz CT molecular complexity index is 1430. The van der Waals surface area contributed by atoms with Crippen LogP contribution in [0.5, 0.6) is 0 Å². The van der Waals surface area contributed by atoms with Gasteiger partial charge in [-0.1, -0.05) is 65.8 Å². The number of carbonyl (C=O) groups is 5. The fourth-order valence-corrected chi connectivity index (χ4v) is 6.54. The molecular formula is C35H47NO10. The van der Waals surface area contributed by atoms with Crippen molar-refractivity contribution < 1.29 is 49.5 Å². The van der Waals surface area contributed by atoms with Crippen LogP contribution in [-0.2, 0) is 24.0 Å². The van der Waals surface area contributed by atoms with Gasteiger partial charge < -0.3 is 30.8 Å². The second-order valence-corrected chi connectivity index (χ2v) is 13.3. The highest BCUT2D eigenvalue weighted by atomic mass is 16.3. The fourth-order valence-electron chi connectivity index (χ4n) is 6.54. The Kier molecular flexibility index (Phi) is 11.8. The fraction of sp³-hybridized carbons (Fsp3) is 0.571. The van der Waals surface area contributed by atoms with Crippen LogP contribution in [0.4, 0.5) is 0 Å². The summed E-state index contributed by atoms with van der Waals surface area (Å²) in [7, 11) is 0. The minimum absolute atomic E-state index is 0.0239. The van der Waals surface area contributed by atoms with E-state index in [0.717, 1.165) is 6.08 Å². The molecule has 4 aliphatic rings. The molecule has 6 N–H and O–H groups in total. The summed E-state index contributed by atoms with van der Waals surface area (Å²) >= 11 is 0. The Morgan fingerprint density at radius 2 is 1.20 bits per heavy atom. The molecule has 2 heterocycles. The highest BCUT2D eigenvalue weighted by Gasteiger charge is 2.50. The van der Waals surface area contributed by atoms with E-state index in [1.165, 1.54) is 39.0 Å². The number of rotatable bonds is 0. The van der Waals surface area contributed by atoms with Crippen molar-refractivity contribution in [2.75, 3.05) is 0 Å². The van der Waals surface area contributed by atoms with E-state index < -0.39 is 118 Å². The lowest BCUT2D eigenvalue weighted by molar-refractivity contribution is -0.136. The number of fused-ring (bicyclic) bond motifs is 15. The first kappa shape index (κ1) is 37.1. The molecule has 46 heavy (non-hydrogen) atoms. The highest BCUT2D eigenvalue weighted by molar-refractivity contribution is 6.30. The number of hydrogen-bond donors (Lipinski definition) is 6. The van der Waals surface area contributed by atoms with Gasteiger partial charge in [0.05, 0.1) is 36.2 Å². The molecule has 12 atom stereocenters. The quantitative estimate of drug-likeness (QED) is 0.166. The minimum atomic E-state index is -1.68. The molecule has 252 valence electrons. The summed E-state index contributed by atoms with van der Waals surface area (Å²) in [6.07, 6.45) is 0.591. The third-order valence-corrected chi connectivity index (χ3v) is 9.95. The Morgan fingerprint density at radius 1 is 0.674 bits per heavy atom. The van der Waals surface area contributed by atoms with Gasteiger partial charge in [0.1, 0.15) is 5.92 Å². The number of amides is 1. The van der Waals surface area contributed by atoms with Crippen molar-refractivity contribution in [2.45, 2.75) is 85.9 Å². The van der Waals surface area contributed by atoms with Crippen molar-refractivity contribution in [3.05, 3.63) is 58.4 Å². The summed E-state index contributed by atoms with van der Waals surface area (Å²) < 4.78 is 0. The number of carbonyl (C=O) groups excluding carboxylic acids is 5. The summed E-state index contributed by atoms with van der Waals surface area (Å²) in [5.41, 5.74) is -1.10. The van der Waals surface area contributed by atoms with E-state index in [-0.39, 0.29) is 11.1 Å². The van der Waals surface area contributed by atoms with Crippen molar-refractivity contribution in [2.24, 2.45) is 41.4 Å². The molecule has 2 aliphatic carbocycles. The molecule has 11 heteroatoms. The highest BCUT2D eigenvalue weighted by Crippen LogP contribution is 2.38. The van der Waals surface area contributed by atoms with Gasteiger partial charge in [-0.05, 0) is 19.4 Å². The minimum Gasteiger partial charge on any atom is -0.392 e. The van der Waals surface area contributed by atoms with Crippen LogP contribution in [0, 0.1) is 41.4 Å². The zero-order valence-corrected chi connectivity index (χ0v) is 27.6. The maximum absolute atomic E-state index is 13.8. The lowest BCUT2D eigenvalue weighted by Crippen LogP contribution is -2.49. The average Bonchev–Trinajstić information content (AvgIpc) is 3.02. The number of nitrogens with one attached hydrogen (secondary N) is 1. The number of aliphatic hydroxyl groups is 5. The van der Waals surface area contributed by atoms with Gasteiger partial charge in [0.15, 0.2) is 17.3 Å². The average molecular weight is 642 g/mol. The maximum atomic E-state index is 13.8. The van der Waals surface area contributed by atoms with Crippen LogP contribution in [0.3, 0.4) is 0 Å². The number of ketones is 4. The first-order valence-corrected chi connectivity index (χ1v) is 15.7. The van der Waals surface area contributed by atoms with Crippen molar-refractivity contribution in [1.82, 2.24) is 5.32 Å². The third-order valence-electron chi connectivity index (χ3n) is 9.95. The molecule has 0 radical (unpaired) electrons. The van der Waals surface area contributed by atoms with Crippen LogP contribution in [0.25, 0.3) is 0 Å². The van der Waals surface area contributed by atoms with E-state index in [4.69, 9.17) is 0 Å². The monoisotopic (exact) mass is 641 g/mol. The Balaban J connectivity index is 2.14. The lowest BCUT2D eigenvalue weighted by Gasteiger charge is -2.37. The topological polar surface area (TPSA) is 199 Å². The summed E-state index contributed by atoms with van der Waals surface area (Å²) in [4.78, 5) is 67.0. The lowest BCUT2D eigenvalue weighted by atomic mass is 9.67. The first-order chi connectivity index (χ1) is 21.3. The van der Waals surface area contributed by atoms with Crippen LogP contribution in [0.15, 0.2) is 58.4 Å². The molecular weight excluding hydrogens is 594 g/mol. The summed E-state index contributed by atoms with van der Waals surface area (Å²) in [6, 6.07) is 0. The van der Waals surface area contributed by atoms with E-state index in [1.54, 1.807) is 40.7 Å². The van der Waals surface area contributed by atoms with Crippen molar-refractivity contribution in [3.8, 4) is 0 Å². The predicted octanol–water partition coefficient (Wildman–Crippen LogP) is 1.29. The van der Waals surface area contributed by atoms with Gasteiger partial charge in [0, 0.05) is 58.3 Å². The predicted molar refractivity (Wildman–Crippen MR) is 168 cm³/mol. The van der Waals surface area contributed by atoms with Crippen LogP contribution >= 0.6 is 0 Å². The van der Waals surface area contributed by atoms with E-state index in [2.05, 4.69) is 5.32 Å². The van der Waals surface area contributed by atoms with Crippen LogP contribution < -0.4 is 5.32 Å². The van der Waals surface area contributed by atoms with Gasteiger partial charge in [-0.25, -0.2) is 0 Å². The Labute approximate surface area is 269 Å². The van der Waals surface area contributed by atoms with E-state index >= 15 is 0 Å². The summed E-state index contributed by atoms with van der Waals surface area (Å²) in [5.74, 6) is -10.3. The molecule has 0 saturated heterocycles. The van der Waals surface area contributed by atoms with Crippen LogP contribution in [-0.4, -0.2) is 85.1 Å². The number of Topliss-reactive ketones (excluding diaryl/α,β-unsaturated/α-hetero) is 3. The van der Waals surface area contributed by atoms with Gasteiger partial charge in [0.2, 0.25) is 5.78 Å². The normalized spacial score (nSPS) is 39.8. The van der Waals surface area contributed by atoms with Crippen LogP contribution in [0.2, 0.25) is 0 Å². The molecule has 0 fully saturated rings. The Morgan fingerprint density at radius 3 is 1.76 bits per heavy atom. The maximum Gasteiger partial charge on any atom is 0.251 e. The van der Waals surface area contributed by atoms with E-state index in [0.29, 0.717) is 0 Å². The molecule has 0 spiro atoms. The molecule has 4 rings (SSSR count). The van der Waals surface area contributed by atoms with Crippen molar-refractivity contribution >= 4 is 29.0 Å². The number of aliphatic hydroxyl groups excluding tert-OH is 5. The van der Waals surface area contributed by atoms with Gasteiger partial charge in [-0.3, -0.25) is 24.0 Å². The molecule has 1 amide bonds. The third kappa shape index (κ3) is 7.13. The largest absolute Gasteiger partial charge is 0.392 e. The zero-order valence-electron chi connectivity index (χ0n) is 27.6. The summed E-state index contributed by atoms with van der Waals surface area (Å²) in [5, 5.41) is 57.6. The summed E-state index contributed by atoms with van der Waals surface area (Å²) in [6.45, 7) is 12.4. The second-order valence-electron chi connectivity index (χ2n) is 13.3. The van der Waals surface area contributed by atoms with Crippen molar-refractivity contribution in [1.29, 1.82) is 0 Å². The smallest absolute Gasteiger partial charge is 0.251 e.